The average molecular weight is 402 g/mol. The summed E-state index contributed by atoms with van der Waals surface area (Å²) < 4.78 is 5.34. The van der Waals surface area contributed by atoms with Gasteiger partial charge in [-0.1, -0.05) is 36.7 Å². The highest BCUT2D eigenvalue weighted by Gasteiger charge is 2.54. The predicted molar refractivity (Wildman–Crippen MR) is 105 cm³/mol. The van der Waals surface area contributed by atoms with Gasteiger partial charge >= 0.3 is 0 Å². The molecule has 3 amide bonds. The van der Waals surface area contributed by atoms with Gasteiger partial charge in [-0.15, -0.1) is 0 Å². The summed E-state index contributed by atoms with van der Waals surface area (Å²) in [6, 6.07) is 7.24. The number of carbonyl (C=O) groups excluding carboxylic acids is 3. The molecule has 2 aliphatic heterocycles. The fourth-order valence-corrected chi connectivity index (χ4v) is 5.07. The third kappa shape index (κ3) is 3.06. The van der Waals surface area contributed by atoms with Crippen molar-refractivity contribution in [3.63, 3.8) is 0 Å². The molecule has 2 heterocycles. The molecule has 0 N–H and O–H groups in total. The number of thiocarbonyl (C=S) groups is 1. The number of thioether (sulfide) groups is 1. The zero-order valence-electron chi connectivity index (χ0n) is 14.7. The highest BCUT2D eigenvalue weighted by atomic mass is 32.2. The molecule has 1 aromatic carbocycles. The summed E-state index contributed by atoms with van der Waals surface area (Å²) in [5.41, 5.74) is 0.809. The first-order chi connectivity index (χ1) is 13.0. The monoisotopic (exact) mass is 402 g/mol. The number of hydrazine groups is 1. The topological polar surface area (TPSA) is 66.9 Å². The van der Waals surface area contributed by atoms with E-state index in [0.29, 0.717) is 17.7 Å². The van der Waals surface area contributed by atoms with Crippen LogP contribution in [-0.4, -0.2) is 39.2 Å². The Morgan fingerprint density at radius 3 is 2.19 bits per heavy atom. The van der Waals surface area contributed by atoms with Gasteiger partial charge in [-0.3, -0.25) is 14.4 Å². The number of fused-ring (bicyclic) bond motifs is 1. The third-order valence-corrected chi connectivity index (χ3v) is 6.49. The number of ether oxygens (including phenoxy) is 1. The maximum Gasteiger partial charge on any atom is 0.285 e. The van der Waals surface area contributed by atoms with Crippen molar-refractivity contribution >= 4 is 52.1 Å². The van der Waals surface area contributed by atoms with E-state index < -0.39 is 5.91 Å². The van der Waals surface area contributed by atoms with Crippen molar-refractivity contribution in [2.75, 3.05) is 7.11 Å². The van der Waals surface area contributed by atoms with E-state index in [-0.39, 0.29) is 28.0 Å². The van der Waals surface area contributed by atoms with Crippen LogP contribution in [-0.2, 0) is 14.4 Å². The minimum Gasteiger partial charge on any atom is -0.497 e. The summed E-state index contributed by atoms with van der Waals surface area (Å²) in [5, 5.41) is 2.07. The number of hydrogen-bond acceptors (Lipinski definition) is 6. The van der Waals surface area contributed by atoms with Crippen molar-refractivity contribution in [1.82, 2.24) is 10.0 Å². The lowest BCUT2D eigenvalue weighted by Gasteiger charge is -2.24. The molecule has 0 unspecified atom stereocenters. The molecule has 2 saturated heterocycles. The Bertz CT molecular complexity index is 841. The Hall–Kier alpha value is -2.19. The van der Waals surface area contributed by atoms with Gasteiger partial charge in [-0.2, -0.15) is 10.0 Å². The fourth-order valence-electron chi connectivity index (χ4n) is 3.83. The molecular weight excluding hydrogens is 384 g/mol. The first-order valence-corrected chi connectivity index (χ1v) is 10.0. The molecule has 6 nitrogen and oxygen atoms in total. The van der Waals surface area contributed by atoms with Gasteiger partial charge < -0.3 is 4.74 Å². The summed E-state index contributed by atoms with van der Waals surface area (Å²) in [4.78, 5) is 38.8. The van der Waals surface area contributed by atoms with Crippen LogP contribution in [0.4, 0.5) is 0 Å². The molecular formula is C19H18N2O4S2. The Labute approximate surface area is 166 Å². The number of hydrogen-bond donors (Lipinski definition) is 0. The minimum atomic E-state index is -0.429. The van der Waals surface area contributed by atoms with E-state index in [1.165, 1.54) is 0 Å². The molecule has 0 spiro atoms. The number of amides is 3. The molecule has 2 atom stereocenters. The lowest BCUT2D eigenvalue weighted by atomic mass is 9.81. The van der Waals surface area contributed by atoms with E-state index in [9.17, 15) is 14.4 Å². The summed E-state index contributed by atoms with van der Waals surface area (Å²) in [5.74, 6) is -0.946. The van der Waals surface area contributed by atoms with E-state index >= 15 is 0 Å². The first-order valence-electron chi connectivity index (χ1n) is 8.81. The molecule has 1 saturated carbocycles. The lowest BCUT2D eigenvalue weighted by molar-refractivity contribution is -0.158. The van der Waals surface area contributed by atoms with Gasteiger partial charge in [0.2, 0.25) is 0 Å². The van der Waals surface area contributed by atoms with Gasteiger partial charge in [0.05, 0.1) is 23.9 Å². The molecule has 8 heteroatoms. The number of imide groups is 1. The van der Waals surface area contributed by atoms with Crippen LogP contribution in [0.5, 0.6) is 5.75 Å². The Morgan fingerprint density at radius 2 is 1.63 bits per heavy atom. The molecule has 1 aliphatic carbocycles. The maximum atomic E-state index is 12.9. The van der Waals surface area contributed by atoms with Crippen molar-refractivity contribution < 1.29 is 19.1 Å². The van der Waals surface area contributed by atoms with Crippen LogP contribution < -0.4 is 4.74 Å². The minimum absolute atomic E-state index is 0.208. The van der Waals surface area contributed by atoms with Crippen molar-refractivity contribution in [2.45, 2.75) is 25.7 Å². The quantitative estimate of drug-likeness (QED) is 0.440. The van der Waals surface area contributed by atoms with Crippen LogP contribution in [0.15, 0.2) is 29.2 Å². The Morgan fingerprint density at radius 1 is 1.04 bits per heavy atom. The third-order valence-electron chi connectivity index (χ3n) is 5.20. The summed E-state index contributed by atoms with van der Waals surface area (Å²) in [7, 11) is 1.59. The standard InChI is InChI=1S/C19H18N2O4S2/c1-25-12-8-6-11(7-9-12)10-15-18(24)21(19(26)27-15)20-16(22)13-4-2-3-5-14(13)17(20)23/h6-10,13-14H,2-5H2,1H3/b15-10-/t13-,14-/m0/s1. The Kier molecular flexibility index (Phi) is 4.77. The fraction of sp³-hybridized carbons (Fsp3) is 0.368. The average Bonchev–Trinajstić information content (AvgIpc) is 3.09. The molecule has 3 aliphatic rings. The van der Waals surface area contributed by atoms with Crippen LogP contribution in [0, 0.1) is 11.8 Å². The number of benzene rings is 1. The smallest absolute Gasteiger partial charge is 0.285 e. The van der Waals surface area contributed by atoms with Gasteiger partial charge in [0.1, 0.15) is 5.75 Å². The van der Waals surface area contributed by atoms with Gasteiger partial charge in [-0.25, -0.2) is 0 Å². The van der Waals surface area contributed by atoms with E-state index in [1.54, 1.807) is 25.3 Å². The number of carbonyl (C=O) groups is 3. The molecule has 140 valence electrons. The van der Waals surface area contributed by atoms with Crippen LogP contribution in [0.1, 0.15) is 31.2 Å². The van der Waals surface area contributed by atoms with E-state index in [2.05, 4.69) is 0 Å². The second kappa shape index (κ2) is 7.09. The highest BCUT2D eigenvalue weighted by molar-refractivity contribution is 8.26. The normalized spacial score (nSPS) is 26.9. The molecule has 4 rings (SSSR count). The number of methoxy groups -OCH3 is 1. The Balaban J connectivity index is 1.60. The van der Waals surface area contributed by atoms with Crippen LogP contribution in [0.2, 0.25) is 0 Å². The number of rotatable bonds is 3. The van der Waals surface area contributed by atoms with Crippen LogP contribution >= 0.6 is 24.0 Å². The van der Waals surface area contributed by atoms with Gasteiger partial charge in [0.25, 0.3) is 17.7 Å². The van der Waals surface area contributed by atoms with Crippen LogP contribution in [0.3, 0.4) is 0 Å². The van der Waals surface area contributed by atoms with E-state index in [4.69, 9.17) is 17.0 Å². The zero-order valence-corrected chi connectivity index (χ0v) is 16.3. The second-order valence-corrected chi connectivity index (χ2v) is 8.43. The number of nitrogens with zero attached hydrogens (tertiary/aromatic N) is 2. The molecule has 27 heavy (non-hydrogen) atoms. The molecule has 0 bridgehead atoms. The van der Waals surface area contributed by atoms with Crippen molar-refractivity contribution in [3.8, 4) is 5.75 Å². The van der Waals surface area contributed by atoms with Gasteiger partial charge in [0.15, 0.2) is 4.32 Å². The SMILES string of the molecule is COc1ccc(/C=C2\SC(=S)N(N3C(=O)[C@H]4CCCC[C@@H]4C3=O)C2=O)cc1. The summed E-state index contributed by atoms with van der Waals surface area (Å²) >= 11 is 6.42. The van der Waals surface area contributed by atoms with E-state index in [1.807, 2.05) is 12.1 Å². The second-order valence-electron chi connectivity index (χ2n) is 6.75. The summed E-state index contributed by atoms with van der Waals surface area (Å²) in [6.07, 6.45) is 4.97. The zero-order chi connectivity index (χ0) is 19.1. The van der Waals surface area contributed by atoms with Gasteiger partial charge in [-0.05, 0) is 48.8 Å². The van der Waals surface area contributed by atoms with Crippen LogP contribution in [0.25, 0.3) is 6.08 Å². The van der Waals surface area contributed by atoms with Crippen molar-refractivity contribution in [3.05, 3.63) is 34.7 Å². The molecule has 1 aromatic rings. The molecule has 3 fully saturated rings. The summed E-state index contributed by atoms with van der Waals surface area (Å²) in [6.45, 7) is 0. The maximum absolute atomic E-state index is 12.9. The van der Waals surface area contributed by atoms with Crippen molar-refractivity contribution in [2.24, 2.45) is 11.8 Å². The van der Waals surface area contributed by atoms with E-state index in [0.717, 1.165) is 45.9 Å². The lowest BCUT2D eigenvalue weighted by Crippen LogP contribution is -2.49. The van der Waals surface area contributed by atoms with Crippen molar-refractivity contribution in [1.29, 1.82) is 0 Å². The largest absolute Gasteiger partial charge is 0.497 e. The molecule has 0 radical (unpaired) electrons. The first kappa shape index (κ1) is 18.2. The predicted octanol–water partition coefficient (Wildman–Crippen LogP) is 2.99. The van der Waals surface area contributed by atoms with Gasteiger partial charge in [0, 0.05) is 0 Å². The highest BCUT2D eigenvalue weighted by Crippen LogP contribution is 2.42. The molecule has 0 aromatic heterocycles.